The molecule has 1 saturated heterocycles. The molecule has 0 bridgehead atoms. The highest BCUT2D eigenvalue weighted by Gasteiger charge is 2.21. The van der Waals surface area contributed by atoms with Crippen LogP contribution in [0, 0.1) is 17.6 Å². The quantitative estimate of drug-likeness (QED) is 0.814. The first-order chi connectivity index (χ1) is 11.6. The highest BCUT2D eigenvalue weighted by Crippen LogP contribution is 2.31. The van der Waals surface area contributed by atoms with Gasteiger partial charge < -0.3 is 14.2 Å². The molecule has 1 heterocycles. The summed E-state index contributed by atoms with van der Waals surface area (Å²) in [7, 11) is 0. The summed E-state index contributed by atoms with van der Waals surface area (Å²) in [6.45, 7) is 2.00. The molecule has 3 rings (SSSR count). The molecule has 0 amide bonds. The van der Waals surface area contributed by atoms with Gasteiger partial charge in [0.05, 0.1) is 13.2 Å². The van der Waals surface area contributed by atoms with Gasteiger partial charge in [0.25, 0.3) is 0 Å². The normalized spacial score (nSPS) is 20.8. The number of rotatable bonds is 4. The van der Waals surface area contributed by atoms with E-state index in [0.29, 0.717) is 30.3 Å². The molecule has 0 aromatic heterocycles. The lowest BCUT2D eigenvalue weighted by molar-refractivity contribution is -0.202. The van der Waals surface area contributed by atoms with Crippen LogP contribution in [0.4, 0.5) is 13.2 Å². The van der Waals surface area contributed by atoms with E-state index in [1.165, 1.54) is 0 Å². The molecule has 0 saturated carbocycles. The van der Waals surface area contributed by atoms with Gasteiger partial charge in [-0.3, -0.25) is 0 Å². The highest BCUT2D eigenvalue weighted by atomic mass is 19.1. The minimum atomic E-state index is -1.29. The Labute approximate surface area is 138 Å². The maximum Gasteiger partial charge on any atom is 0.228 e. The molecular weight excluding hydrogens is 321 g/mol. The molecule has 0 atom stereocenters. The molecule has 1 aliphatic heterocycles. The van der Waals surface area contributed by atoms with Crippen LogP contribution in [0.25, 0.3) is 11.1 Å². The molecule has 0 spiro atoms. The van der Waals surface area contributed by atoms with Crippen molar-refractivity contribution in [2.75, 3.05) is 20.1 Å². The molecule has 1 aliphatic rings. The van der Waals surface area contributed by atoms with Crippen molar-refractivity contribution in [2.45, 2.75) is 13.2 Å². The Bertz CT molecular complexity index is 672. The van der Waals surface area contributed by atoms with Gasteiger partial charge in [0.15, 0.2) is 23.7 Å². The second kappa shape index (κ2) is 7.23. The average Bonchev–Trinajstić information content (AvgIpc) is 2.59. The maximum absolute atomic E-state index is 13.8. The van der Waals surface area contributed by atoms with E-state index < -0.39 is 30.5 Å². The zero-order chi connectivity index (χ0) is 17.1. The van der Waals surface area contributed by atoms with Crippen molar-refractivity contribution < 1.29 is 27.4 Å². The van der Waals surface area contributed by atoms with E-state index in [1.807, 2.05) is 6.92 Å². The van der Waals surface area contributed by atoms with Crippen LogP contribution >= 0.6 is 0 Å². The van der Waals surface area contributed by atoms with Crippen molar-refractivity contribution >= 4 is 0 Å². The predicted octanol–water partition coefficient (Wildman–Crippen LogP) is 4.62. The molecule has 0 radical (unpaired) electrons. The van der Waals surface area contributed by atoms with Gasteiger partial charge in [-0.2, -0.15) is 0 Å². The molecule has 2 aromatic carbocycles. The largest absolute Gasteiger partial charge is 0.457 e. The summed E-state index contributed by atoms with van der Waals surface area (Å²) in [6.07, 6.45) is -0.427. The summed E-state index contributed by atoms with van der Waals surface area (Å²) in [5, 5.41) is 0. The third-order valence-corrected chi connectivity index (χ3v) is 3.78. The first-order valence-electron chi connectivity index (χ1n) is 7.60. The fraction of sp³-hybridized carbons (Fsp3) is 0.333. The van der Waals surface area contributed by atoms with Crippen molar-refractivity contribution in [3.05, 3.63) is 53.6 Å². The van der Waals surface area contributed by atoms with Crippen molar-refractivity contribution in [1.82, 2.24) is 0 Å². The Kier molecular flexibility index (Phi) is 5.06. The Morgan fingerprint density at radius 3 is 2.12 bits per heavy atom. The predicted molar refractivity (Wildman–Crippen MR) is 82.2 cm³/mol. The molecule has 24 heavy (non-hydrogen) atoms. The smallest absolute Gasteiger partial charge is 0.228 e. The van der Waals surface area contributed by atoms with Crippen LogP contribution in [-0.2, 0) is 9.47 Å². The molecule has 2 aromatic rings. The molecule has 0 unspecified atom stereocenters. The third-order valence-electron chi connectivity index (χ3n) is 3.78. The lowest BCUT2D eigenvalue weighted by atomic mass is 10.0. The fourth-order valence-electron chi connectivity index (χ4n) is 2.54. The molecule has 1 fully saturated rings. The highest BCUT2D eigenvalue weighted by molar-refractivity contribution is 5.65. The maximum atomic E-state index is 13.8. The number of benzene rings is 2. The summed E-state index contributed by atoms with van der Waals surface area (Å²) >= 11 is 0. The SMILES string of the molecule is CC1COC(c2ccc(-c3cc(F)c(OCF)c(F)c3)cc2)OC1. The number of ether oxygens (including phenoxy) is 3. The number of alkyl halides is 1. The zero-order valence-electron chi connectivity index (χ0n) is 13.1. The van der Waals surface area contributed by atoms with E-state index in [4.69, 9.17) is 9.47 Å². The molecule has 6 heteroatoms. The molecule has 3 nitrogen and oxygen atoms in total. The van der Waals surface area contributed by atoms with Crippen molar-refractivity contribution in [2.24, 2.45) is 5.92 Å². The number of hydrogen-bond acceptors (Lipinski definition) is 3. The first kappa shape index (κ1) is 16.8. The van der Waals surface area contributed by atoms with Gasteiger partial charge in [0.1, 0.15) is 0 Å². The Morgan fingerprint density at radius 1 is 1.00 bits per heavy atom. The number of halogens is 3. The van der Waals surface area contributed by atoms with Crippen LogP contribution in [0.1, 0.15) is 18.8 Å². The van der Waals surface area contributed by atoms with Crippen LogP contribution in [-0.4, -0.2) is 20.1 Å². The van der Waals surface area contributed by atoms with E-state index in [1.54, 1.807) is 24.3 Å². The van der Waals surface area contributed by atoms with Crippen LogP contribution in [0.3, 0.4) is 0 Å². The minimum absolute atomic E-state index is 0.335. The van der Waals surface area contributed by atoms with Gasteiger partial charge in [0, 0.05) is 11.5 Å². The topological polar surface area (TPSA) is 27.7 Å². The van der Waals surface area contributed by atoms with E-state index in [2.05, 4.69) is 4.74 Å². The Hall–Kier alpha value is -2.05. The molecule has 128 valence electrons. The van der Waals surface area contributed by atoms with Crippen molar-refractivity contribution in [3.8, 4) is 16.9 Å². The van der Waals surface area contributed by atoms with Crippen molar-refractivity contribution in [3.63, 3.8) is 0 Å². The van der Waals surface area contributed by atoms with Gasteiger partial charge in [-0.15, -0.1) is 0 Å². The van der Waals surface area contributed by atoms with Gasteiger partial charge in [-0.25, -0.2) is 13.2 Å². The van der Waals surface area contributed by atoms with Crippen LogP contribution in [0.2, 0.25) is 0 Å². The standard InChI is InChI=1S/C18H17F3O3/c1-11-8-22-18(23-9-11)13-4-2-12(3-5-13)14-6-15(20)17(24-10-19)16(21)7-14/h2-7,11,18H,8-10H2,1H3. The van der Waals surface area contributed by atoms with Crippen LogP contribution in [0.5, 0.6) is 5.75 Å². The lowest BCUT2D eigenvalue weighted by Gasteiger charge is -2.27. The van der Waals surface area contributed by atoms with Crippen molar-refractivity contribution in [1.29, 1.82) is 0 Å². The summed E-state index contributed by atoms with van der Waals surface area (Å²) in [5.41, 5.74) is 1.79. The summed E-state index contributed by atoms with van der Waals surface area (Å²) in [5.74, 6) is -2.24. The second-order valence-corrected chi connectivity index (χ2v) is 5.75. The fourth-order valence-corrected chi connectivity index (χ4v) is 2.54. The minimum Gasteiger partial charge on any atom is -0.457 e. The Balaban J connectivity index is 1.81. The summed E-state index contributed by atoms with van der Waals surface area (Å²) in [4.78, 5) is 0. The van der Waals surface area contributed by atoms with E-state index >= 15 is 0 Å². The van der Waals surface area contributed by atoms with E-state index in [0.717, 1.165) is 17.7 Å². The zero-order valence-corrected chi connectivity index (χ0v) is 13.1. The monoisotopic (exact) mass is 338 g/mol. The van der Waals surface area contributed by atoms with Gasteiger partial charge in [0.2, 0.25) is 6.86 Å². The molecule has 0 aliphatic carbocycles. The molecule has 0 N–H and O–H groups in total. The van der Waals surface area contributed by atoms with Gasteiger partial charge in [-0.1, -0.05) is 31.2 Å². The van der Waals surface area contributed by atoms with Gasteiger partial charge in [-0.05, 0) is 23.3 Å². The summed E-state index contributed by atoms with van der Waals surface area (Å²) in [6, 6.07) is 9.25. The number of hydrogen-bond donors (Lipinski definition) is 0. The van der Waals surface area contributed by atoms with E-state index in [9.17, 15) is 13.2 Å². The van der Waals surface area contributed by atoms with Crippen LogP contribution in [0.15, 0.2) is 36.4 Å². The third kappa shape index (κ3) is 3.55. The average molecular weight is 338 g/mol. The summed E-state index contributed by atoms with van der Waals surface area (Å²) < 4.78 is 55.3. The van der Waals surface area contributed by atoms with Crippen LogP contribution < -0.4 is 4.74 Å². The first-order valence-corrected chi connectivity index (χ1v) is 7.60. The van der Waals surface area contributed by atoms with Gasteiger partial charge >= 0.3 is 0 Å². The lowest BCUT2D eigenvalue weighted by Crippen LogP contribution is -2.24. The second-order valence-electron chi connectivity index (χ2n) is 5.75. The Morgan fingerprint density at radius 2 is 1.58 bits per heavy atom. The van der Waals surface area contributed by atoms with E-state index in [-0.39, 0.29) is 0 Å². The molecular formula is C18H17F3O3.